The summed E-state index contributed by atoms with van der Waals surface area (Å²) in [7, 11) is 0. The molecule has 0 amide bonds. The number of rotatable bonds is 3. The molecular formula is C19H18. The average molecular weight is 246 g/mol. The van der Waals surface area contributed by atoms with Gasteiger partial charge in [0.2, 0.25) is 0 Å². The maximum atomic E-state index is 4.01. The highest BCUT2D eigenvalue weighted by molar-refractivity contribution is 5.77. The lowest BCUT2D eigenvalue weighted by Crippen LogP contribution is -1.83. The molecule has 2 aromatic carbocycles. The van der Waals surface area contributed by atoms with E-state index in [9.17, 15) is 0 Å². The smallest absolute Gasteiger partial charge is 0.0249 e. The first kappa shape index (κ1) is 13.2. The number of allylic oxidation sites excluding steroid dienone is 1. The maximum absolute atomic E-state index is 4.01. The first-order valence-corrected chi connectivity index (χ1v) is 6.65. The average Bonchev–Trinajstić information content (AvgIpc) is 2.47. The number of hydrogen-bond acceptors (Lipinski definition) is 0. The predicted octanol–water partition coefficient (Wildman–Crippen LogP) is 4.70. The molecule has 0 N–H and O–H groups in total. The first-order valence-electron chi connectivity index (χ1n) is 6.65. The number of hydrogen-bond donors (Lipinski definition) is 0. The van der Waals surface area contributed by atoms with Crippen LogP contribution in [-0.4, -0.2) is 0 Å². The summed E-state index contributed by atoms with van der Waals surface area (Å²) in [6.45, 7) is 6.21. The molecule has 0 atom stereocenters. The van der Waals surface area contributed by atoms with Crippen molar-refractivity contribution in [2.75, 3.05) is 0 Å². The van der Waals surface area contributed by atoms with Gasteiger partial charge in [-0.15, -0.1) is 0 Å². The van der Waals surface area contributed by atoms with Crippen LogP contribution in [0.5, 0.6) is 0 Å². The van der Waals surface area contributed by atoms with Gasteiger partial charge in [-0.2, -0.15) is 0 Å². The summed E-state index contributed by atoms with van der Waals surface area (Å²) < 4.78 is 0. The Morgan fingerprint density at radius 1 is 1.00 bits per heavy atom. The minimum Gasteiger partial charge on any atom is -0.0827 e. The van der Waals surface area contributed by atoms with Crippen LogP contribution in [0.1, 0.15) is 30.0 Å². The van der Waals surface area contributed by atoms with E-state index in [2.05, 4.69) is 49.6 Å². The Labute approximate surface area is 115 Å². The Morgan fingerprint density at radius 3 is 2.32 bits per heavy atom. The zero-order valence-electron chi connectivity index (χ0n) is 11.3. The zero-order chi connectivity index (χ0) is 13.5. The molecule has 94 valence electrons. The van der Waals surface area contributed by atoms with Crippen molar-refractivity contribution < 1.29 is 0 Å². The van der Waals surface area contributed by atoms with Gasteiger partial charge in [0.25, 0.3) is 0 Å². The molecule has 0 aliphatic heterocycles. The SMILES string of the molecule is C=C(C#Cc1ccc(CCC)cc1)c1ccccc1. The van der Waals surface area contributed by atoms with Gasteiger partial charge in [0, 0.05) is 11.1 Å². The summed E-state index contributed by atoms with van der Waals surface area (Å²) in [4.78, 5) is 0. The lowest BCUT2D eigenvalue weighted by Gasteiger charge is -1.98. The monoisotopic (exact) mass is 246 g/mol. The highest BCUT2D eigenvalue weighted by Crippen LogP contribution is 2.11. The topological polar surface area (TPSA) is 0 Å². The second kappa shape index (κ2) is 6.61. The van der Waals surface area contributed by atoms with Gasteiger partial charge in [0.05, 0.1) is 0 Å². The predicted molar refractivity (Wildman–Crippen MR) is 82.8 cm³/mol. The third-order valence-corrected chi connectivity index (χ3v) is 2.97. The number of aryl methyl sites for hydroxylation is 1. The minimum atomic E-state index is 0.859. The summed E-state index contributed by atoms with van der Waals surface area (Å²) in [5.74, 6) is 6.28. The Hall–Kier alpha value is -2.26. The summed E-state index contributed by atoms with van der Waals surface area (Å²) in [6, 6.07) is 18.5. The molecule has 0 aromatic heterocycles. The summed E-state index contributed by atoms with van der Waals surface area (Å²) in [6.07, 6.45) is 2.31. The molecule has 0 heterocycles. The van der Waals surface area contributed by atoms with Crippen LogP contribution in [0.4, 0.5) is 0 Å². The van der Waals surface area contributed by atoms with Crippen LogP contribution >= 0.6 is 0 Å². The molecule has 2 rings (SSSR count). The van der Waals surface area contributed by atoms with Gasteiger partial charge in [-0.05, 0) is 29.7 Å². The van der Waals surface area contributed by atoms with Crippen LogP contribution in [0.3, 0.4) is 0 Å². The Balaban J connectivity index is 2.09. The minimum absolute atomic E-state index is 0.859. The van der Waals surface area contributed by atoms with E-state index in [1.807, 2.05) is 30.3 Å². The highest BCUT2D eigenvalue weighted by Gasteiger charge is 1.93. The van der Waals surface area contributed by atoms with Gasteiger partial charge < -0.3 is 0 Å². The van der Waals surface area contributed by atoms with Crippen LogP contribution in [0.15, 0.2) is 61.2 Å². The van der Waals surface area contributed by atoms with Crippen LogP contribution in [0.2, 0.25) is 0 Å². The molecule has 2 aromatic rings. The third kappa shape index (κ3) is 3.86. The van der Waals surface area contributed by atoms with E-state index in [1.54, 1.807) is 0 Å². The molecule has 0 nitrogen and oxygen atoms in total. The summed E-state index contributed by atoms with van der Waals surface area (Å²) >= 11 is 0. The molecule has 0 radical (unpaired) electrons. The van der Waals surface area contributed by atoms with E-state index in [0.29, 0.717) is 0 Å². The molecule has 0 heteroatoms. The standard InChI is InChI=1S/C19H18/c1-3-7-17-12-14-18(15-13-17)11-10-16(2)19-8-5-4-6-9-19/h4-6,8-9,12-15H,2-3,7H2,1H3. The molecule has 0 aliphatic carbocycles. The van der Waals surface area contributed by atoms with E-state index >= 15 is 0 Å². The fraction of sp³-hybridized carbons (Fsp3) is 0.158. The van der Waals surface area contributed by atoms with Gasteiger partial charge in [-0.1, -0.05) is 74.2 Å². The highest BCUT2D eigenvalue weighted by atomic mass is 14.0. The Kier molecular flexibility index (Phi) is 4.59. The van der Waals surface area contributed by atoms with Crippen LogP contribution in [0, 0.1) is 11.8 Å². The number of benzene rings is 2. The van der Waals surface area contributed by atoms with Gasteiger partial charge >= 0.3 is 0 Å². The lowest BCUT2D eigenvalue weighted by molar-refractivity contribution is 0.922. The second-order valence-electron chi connectivity index (χ2n) is 4.54. The zero-order valence-corrected chi connectivity index (χ0v) is 11.3. The molecule has 0 bridgehead atoms. The van der Waals surface area contributed by atoms with E-state index in [1.165, 1.54) is 12.0 Å². The van der Waals surface area contributed by atoms with Gasteiger partial charge in [-0.25, -0.2) is 0 Å². The molecule has 0 saturated carbocycles. The van der Waals surface area contributed by atoms with Crippen molar-refractivity contribution in [1.29, 1.82) is 0 Å². The van der Waals surface area contributed by atoms with Crippen molar-refractivity contribution in [2.45, 2.75) is 19.8 Å². The van der Waals surface area contributed by atoms with Crippen LogP contribution < -0.4 is 0 Å². The molecule has 0 fully saturated rings. The molecule has 0 saturated heterocycles. The normalized spacial score (nSPS) is 9.53. The van der Waals surface area contributed by atoms with Crippen molar-refractivity contribution in [3.8, 4) is 11.8 Å². The van der Waals surface area contributed by atoms with Crippen molar-refractivity contribution in [3.05, 3.63) is 77.9 Å². The van der Waals surface area contributed by atoms with Gasteiger partial charge in [0.1, 0.15) is 0 Å². The molecule has 19 heavy (non-hydrogen) atoms. The Bertz CT molecular complexity index is 592. The van der Waals surface area contributed by atoms with Gasteiger partial charge in [0.15, 0.2) is 0 Å². The van der Waals surface area contributed by atoms with E-state index in [0.717, 1.165) is 23.1 Å². The second-order valence-corrected chi connectivity index (χ2v) is 4.54. The van der Waals surface area contributed by atoms with E-state index < -0.39 is 0 Å². The Morgan fingerprint density at radius 2 is 1.68 bits per heavy atom. The largest absolute Gasteiger partial charge is 0.0827 e. The van der Waals surface area contributed by atoms with Gasteiger partial charge in [-0.3, -0.25) is 0 Å². The van der Waals surface area contributed by atoms with Crippen LogP contribution in [0.25, 0.3) is 5.57 Å². The van der Waals surface area contributed by atoms with Crippen molar-refractivity contribution in [3.63, 3.8) is 0 Å². The van der Waals surface area contributed by atoms with Crippen molar-refractivity contribution in [2.24, 2.45) is 0 Å². The summed E-state index contributed by atoms with van der Waals surface area (Å²) in [5, 5.41) is 0. The molecule has 0 unspecified atom stereocenters. The van der Waals surface area contributed by atoms with E-state index in [-0.39, 0.29) is 0 Å². The molecule has 0 spiro atoms. The maximum Gasteiger partial charge on any atom is 0.0249 e. The molecule has 0 aliphatic rings. The van der Waals surface area contributed by atoms with Crippen molar-refractivity contribution >= 4 is 5.57 Å². The quantitative estimate of drug-likeness (QED) is 0.688. The third-order valence-electron chi connectivity index (χ3n) is 2.97. The molecular weight excluding hydrogens is 228 g/mol. The van der Waals surface area contributed by atoms with Crippen molar-refractivity contribution in [1.82, 2.24) is 0 Å². The fourth-order valence-electron chi connectivity index (χ4n) is 1.90. The first-order chi connectivity index (χ1) is 9.29. The summed E-state index contributed by atoms with van der Waals surface area (Å²) in [5.41, 5.74) is 4.35. The van der Waals surface area contributed by atoms with E-state index in [4.69, 9.17) is 0 Å². The fourth-order valence-corrected chi connectivity index (χ4v) is 1.90. The lowest BCUT2D eigenvalue weighted by atomic mass is 10.1. The van der Waals surface area contributed by atoms with Crippen LogP contribution in [-0.2, 0) is 6.42 Å².